The average Bonchev–Trinajstić information content (AvgIpc) is 3.14. The Morgan fingerprint density at radius 2 is 1.70 bits per heavy atom. The minimum absolute atomic E-state index is 0.207. The zero-order valence-electron chi connectivity index (χ0n) is 20.5. The molecule has 0 unspecified atom stereocenters. The second-order valence-corrected chi connectivity index (χ2v) is 12.8. The van der Waals surface area contributed by atoms with Gasteiger partial charge in [-0.15, -0.1) is 11.3 Å². The molecule has 7 nitrogen and oxygen atoms in total. The first-order valence-electron chi connectivity index (χ1n) is 11.6. The van der Waals surface area contributed by atoms with Crippen LogP contribution in [0.5, 0.6) is 0 Å². The lowest BCUT2D eigenvalue weighted by molar-refractivity contribution is 0.102. The molecule has 0 bridgehead atoms. The van der Waals surface area contributed by atoms with Crippen LogP contribution in [-0.2, 0) is 23.0 Å². The Kier molecular flexibility index (Phi) is 8.31. The Labute approximate surface area is 202 Å². The molecule has 0 atom stereocenters. The van der Waals surface area contributed by atoms with E-state index in [0.717, 1.165) is 25.2 Å². The Hall–Kier alpha value is -1.81. The molecule has 1 aromatic carbocycles. The van der Waals surface area contributed by atoms with Gasteiger partial charge in [0.15, 0.2) is 5.13 Å². The van der Waals surface area contributed by atoms with Crippen molar-refractivity contribution in [2.24, 2.45) is 11.8 Å². The maximum atomic E-state index is 13.2. The van der Waals surface area contributed by atoms with E-state index in [1.807, 2.05) is 27.7 Å². The number of fused-ring (bicyclic) bond motifs is 1. The molecule has 1 aliphatic heterocycles. The highest BCUT2D eigenvalue weighted by Crippen LogP contribution is 2.29. The van der Waals surface area contributed by atoms with Gasteiger partial charge in [0, 0.05) is 49.1 Å². The van der Waals surface area contributed by atoms with Gasteiger partial charge in [-0.25, -0.2) is 13.4 Å². The standard InChI is InChI=1S/C24H36N4O3S2/c1-16(2)13-28(14-17(3)4)33(30,31)20-9-7-19(8-10-20)23(29)26-24-25-21-11-12-27(18(5)6)15-22(21)32-24/h7-10,16-18H,11-15H2,1-6H3,(H,25,26,29). The number of nitrogens with one attached hydrogen (secondary N) is 1. The van der Waals surface area contributed by atoms with Crippen molar-refractivity contribution >= 4 is 32.4 Å². The molecule has 0 fully saturated rings. The van der Waals surface area contributed by atoms with Gasteiger partial charge in [0.2, 0.25) is 10.0 Å². The number of carbonyl (C=O) groups is 1. The predicted molar refractivity (Wildman–Crippen MR) is 134 cm³/mol. The molecule has 2 heterocycles. The quantitative estimate of drug-likeness (QED) is 0.559. The van der Waals surface area contributed by atoms with Crippen LogP contribution in [0.1, 0.15) is 62.5 Å². The molecule has 0 saturated heterocycles. The molecule has 1 aromatic heterocycles. The lowest BCUT2D eigenvalue weighted by atomic mass is 10.1. The van der Waals surface area contributed by atoms with Gasteiger partial charge >= 0.3 is 0 Å². The van der Waals surface area contributed by atoms with Crippen molar-refractivity contribution in [3.8, 4) is 0 Å². The summed E-state index contributed by atoms with van der Waals surface area (Å²) < 4.78 is 27.9. The third-order valence-corrected chi connectivity index (χ3v) is 8.45. The van der Waals surface area contributed by atoms with Crippen molar-refractivity contribution in [1.29, 1.82) is 0 Å². The molecule has 9 heteroatoms. The SMILES string of the molecule is CC(C)CN(CC(C)C)S(=O)(=O)c1ccc(C(=O)Nc2nc3c(s2)CN(C(C)C)CC3)cc1. The number of anilines is 1. The van der Waals surface area contributed by atoms with Gasteiger partial charge in [0.1, 0.15) is 0 Å². The van der Waals surface area contributed by atoms with Crippen molar-refractivity contribution < 1.29 is 13.2 Å². The van der Waals surface area contributed by atoms with Crippen LogP contribution in [0.3, 0.4) is 0 Å². The smallest absolute Gasteiger partial charge is 0.257 e. The molecule has 33 heavy (non-hydrogen) atoms. The van der Waals surface area contributed by atoms with Gasteiger partial charge in [0.05, 0.1) is 10.6 Å². The maximum Gasteiger partial charge on any atom is 0.257 e. The Morgan fingerprint density at radius 1 is 1.09 bits per heavy atom. The number of benzene rings is 1. The zero-order valence-corrected chi connectivity index (χ0v) is 22.1. The molecule has 0 saturated carbocycles. The van der Waals surface area contributed by atoms with Crippen LogP contribution in [0.4, 0.5) is 5.13 Å². The number of hydrogen-bond acceptors (Lipinski definition) is 6. The van der Waals surface area contributed by atoms with Gasteiger partial charge in [-0.3, -0.25) is 15.0 Å². The minimum atomic E-state index is -3.62. The molecule has 0 radical (unpaired) electrons. The lowest BCUT2D eigenvalue weighted by Gasteiger charge is -2.29. The number of carbonyl (C=O) groups excluding carboxylic acids is 1. The molecular formula is C24H36N4O3S2. The van der Waals surface area contributed by atoms with E-state index in [2.05, 4.69) is 29.0 Å². The average molecular weight is 493 g/mol. The molecule has 0 aliphatic carbocycles. The van der Waals surface area contributed by atoms with E-state index >= 15 is 0 Å². The van der Waals surface area contributed by atoms with Crippen LogP contribution in [0.25, 0.3) is 0 Å². The van der Waals surface area contributed by atoms with Gasteiger partial charge in [-0.2, -0.15) is 4.31 Å². The van der Waals surface area contributed by atoms with E-state index in [0.29, 0.717) is 29.8 Å². The van der Waals surface area contributed by atoms with Crippen molar-refractivity contribution in [3.05, 3.63) is 40.4 Å². The molecular weight excluding hydrogens is 456 g/mol. The van der Waals surface area contributed by atoms with Crippen molar-refractivity contribution in [2.75, 3.05) is 25.0 Å². The monoisotopic (exact) mass is 492 g/mol. The lowest BCUT2D eigenvalue weighted by Crippen LogP contribution is -2.37. The van der Waals surface area contributed by atoms with E-state index in [4.69, 9.17) is 0 Å². The summed E-state index contributed by atoms with van der Waals surface area (Å²) in [7, 11) is -3.62. The third kappa shape index (κ3) is 6.41. The van der Waals surface area contributed by atoms with E-state index in [9.17, 15) is 13.2 Å². The topological polar surface area (TPSA) is 82.6 Å². The largest absolute Gasteiger partial charge is 0.298 e. The first-order valence-corrected chi connectivity index (χ1v) is 13.9. The Balaban J connectivity index is 1.71. The summed E-state index contributed by atoms with van der Waals surface area (Å²) in [5.41, 5.74) is 1.47. The number of rotatable bonds is 9. The number of hydrogen-bond donors (Lipinski definition) is 1. The second kappa shape index (κ2) is 10.6. The second-order valence-electron chi connectivity index (χ2n) is 9.79. The highest BCUT2D eigenvalue weighted by Gasteiger charge is 2.26. The van der Waals surface area contributed by atoms with Crippen LogP contribution < -0.4 is 5.32 Å². The highest BCUT2D eigenvalue weighted by molar-refractivity contribution is 7.89. The van der Waals surface area contributed by atoms with E-state index in [-0.39, 0.29) is 22.6 Å². The molecule has 1 aliphatic rings. The van der Waals surface area contributed by atoms with Crippen molar-refractivity contribution in [3.63, 3.8) is 0 Å². The fourth-order valence-corrected chi connectivity index (χ4v) is 6.69. The van der Waals surface area contributed by atoms with Crippen molar-refractivity contribution in [2.45, 2.75) is 65.4 Å². The fourth-order valence-electron chi connectivity index (χ4n) is 3.89. The van der Waals surface area contributed by atoms with Gasteiger partial charge in [-0.1, -0.05) is 27.7 Å². The van der Waals surface area contributed by atoms with Crippen LogP contribution in [-0.4, -0.2) is 54.2 Å². The number of aromatic nitrogens is 1. The van der Waals surface area contributed by atoms with Crippen molar-refractivity contribution in [1.82, 2.24) is 14.2 Å². The van der Waals surface area contributed by atoms with Gasteiger partial charge < -0.3 is 0 Å². The van der Waals surface area contributed by atoms with Crippen LogP contribution in [0.15, 0.2) is 29.2 Å². The van der Waals surface area contributed by atoms with Crippen LogP contribution in [0, 0.1) is 11.8 Å². The summed E-state index contributed by atoms with van der Waals surface area (Å²) in [5, 5.41) is 3.47. The normalized spacial score (nSPS) is 15.0. The van der Waals surface area contributed by atoms with E-state index in [1.165, 1.54) is 32.7 Å². The molecule has 1 N–H and O–H groups in total. The van der Waals surface area contributed by atoms with E-state index < -0.39 is 10.0 Å². The summed E-state index contributed by atoms with van der Waals surface area (Å²) in [6, 6.07) is 6.65. The summed E-state index contributed by atoms with van der Waals surface area (Å²) >= 11 is 1.51. The highest BCUT2D eigenvalue weighted by atomic mass is 32.2. The maximum absolute atomic E-state index is 13.2. The molecule has 3 rings (SSSR count). The predicted octanol–water partition coefficient (Wildman–Crippen LogP) is 4.46. The number of amides is 1. The molecule has 0 spiro atoms. The Morgan fingerprint density at radius 3 is 2.24 bits per heavy atom. The van der Waals surface area contributed by atoms with Crippen LogP contribution >= 0.6 is 11.3 Å². The number of thiazole rings is 1. The van der Waals surface area contributed by atoms with Crippen LogP contribution in [0.2, 0.25) is 0 Å². The van der Waals surface area contributed by atoms with Gasteiger partial charge in [-0.05, 0) is 49.9 Å². The van der Waals surface area contributed by atoms with E-state index in [1.54, 1.807) is 12.1 Å². The molecule has 1 amide bonds. The van der Waals surface area contributed by atoms with Gasteiger partial charge in [0.25, 0.3) is 5.91 Å². The first kappa shape index (κ1) is 25.8. The number of sulfonamides is 1. The zero-order chi connectivity index (χ0) is 24.3. The number of nitrogens with zero attached hydrogens (tertiary/aromatic N) is 3. The summed E-state index contributed by atoms with van der Waals surface area (Å²) in [4.78, 5) is 21.2. The molecule has 182 valence electrons. The summed E-state index contributed by atoms with van der Waals surface area (Å²) in [6.07, 6.45) is 0.885. The molecule has 2 aromatic rings. The summed E-state index contributed by atoms with van der Waals surface area (Å²) in [5.74, 6) is 0.160. The summed E-state index contributed by atoms with van der Waals surface area (Å²) in [6.45, 7) is 15.2. The fraction of sp³-hybridized carbons (Fsp3) is 0.583. The third-order valence-electron chi connectivity index (χ3n) is 5.60. The first-order chi connectivity index (χ1) is 15.5. The minimum Gasteiger partial charge on any atom is -0.298 e. The Bertz CT molecular complexity index is 1050.